The number of hydrogen-bond donors (Lipinski definition) is 0. The van der Waals surface area contributed by atoms with E-state index in [1.807, 2.05) is 11.5 Å². The van der Waals surface area contributed by atoms with Gasteiger partial charge in [0.15, 0.2) is 5.65 Å². The van der Waals surface area contributed by atoms with E-state index in [1.165, 1.54) is 35.3 Å². The molecule has 0 aliphatic heterocycles. The van der Waals surface area contributed by atoms with Gasteiger partial charge >= 0.3 is 0 Å². The van der Waals surface area contributed by atoms with Crippen LogP contribution in [-0.4, -0.2) is 14.5 Å². The van der Waals surface area contributed by atoms with Gasteiger partial charge in [0.25, 0.3) is 5.56 Å². The minimum Gasteiger partial charge on any atom is -0.311 e. The van der Waals surface area contributed by atoms with E-state index >= 15 is 0 Å². The summed E-state index contributed by atoms with van der Waals surface area (Å²) in [6.45, 7) is 2.65. The van der Waals surface area contributed by atoms with E-state index in [4.69, 9.17) is 0 Å². The molecule has 0 spiro atoms. The van der Waals surface area contributed by atoms with Crippen LogP contribution in [0.5, 0.6) is 0 Å². The van der Waals surface area contributed by atoms with Crippen molar-refractivity contribution in [3.8, 4) is 0 Å². The summed E-state index contributed by atoms with van der Waals surface area (Å²) in [7, 11) is 0. The Morgan fingerprint density at radius 1 is 1.33 bits per heavy atom. The first kappa shape index (κ1) is 12.7. The molecule has 21 heavy (non-hydrogen) atoms. The topological polar surface area (TPSA) is 47.8 Å². The minimum atomic E-state index is -0.178. The zero-order chi connectivity index (χ0) is 14.4. The molecule has 4 rings (SSSR count). The SMILES string of the molecule is Cc1nc2c(s1)c(=O)ncn2Cc1ccccc1C1CC1. The van der Waals surface area contributed by atoms with E-state index in [9.17, 15) is 4.79 Å². The average molecular weight is 297 g/mol. The smallest absolute Gasteiger partial charge is 0.292 e. The van der Waals surface area contributed by atoms with Crippen LogP contribution in [0.25, 0.3) is 10.3 Å². The second kappa shape index (κ2) is 4.77. The molecule has 0 amide bonds. The van der Waals surface area contributed by atoms with E-state index in [2.05, 4.69) is 34.2 Å². The van der Waals surface area contributed by atoms with Gasteiger partial charge in [0, 0.05) is 0 Å². The fourth-order valence-corrected chi connectivity index (χ4v) is 3.58. The van der Waals surface area contributed by atoms with Crippen LogP contribution in [-0.2, 0) is 6.54 Å². The number of aryl methyl sites for hydroxylation is 1. The molecule has 1 aliphatic rings. The number of aromatic nitrogens is 3. The molecular formula is C16H15N3OS. The lowest BCUT2D eigenvalue weighted by Crippen LogP contribution is -2.12. The van der Waals surface area contributed by atoms with Crippen molar-refractivity contribution >= 4 is 21.7 Å². The predicted octanol–water partition coefficient (Wildman–Crippen LogP) is 3.09. The van der Waals surface area contributed by atoms with Gasteiger partial charge in [0.1, 0.15) is 11.0 Å². The Morgan fingerprint density at radius 3 is 2.95 bits per heavy atom. The van der Waals surface area contributed by atoms with Crippen molar-refractivity contribution in [2.24, 2.45) is 0 Å². The van der Waals surface area contributed by atoms with E-state index in [0.717, 1.165) is 17.2 Å². The van der Waals surface area contributed by atoms with Crippen LogP contribution >= 0.6 is 11.3 Å². The quantitative estimate of drug-likeness (QED) is 0.746. The highest BCUT2D eigenvalue weighted by atomic mass is 32.1. The molecule has 2 aromatic heterocycles. The summed E-state index contributed by atoms with van der Waals surface area (Å²) < 4.78 is 2.64. The molecule has 0 saturated heterocycles. The Kier molecular flexibility index (Phi) is 2.89. The molecule has 0 bridgehead atoms. The first-order valence-corrected chi connectivity index (χ1v) is 7.94. The van der Waals surface area contributed by atoms with Gasteiger partial charge in [0.05, 0.1) is 11.6 Å². The van der Waals surface area contributed by atoms with E-state index in [0.29, 0.717) is 10.6 Å². The number of nitrogens with zero attached hydrogens (tertiary/aromatic N) is 3. The number of thiazole rings is 1. The van der Waals surface area contributed by atoms with Crippen molar-refractivity contribution in [2.45, 2.75) is 32.2 Å². The second-order valence-corrected chi connectivity index (χ2v) is 6.74. The standard InChI is InChI=1S/C16H15N3OS/c1-10-18-15-14(21-10)16(20)17-9-19(15)8-12-4-2-3-5-13(12)11-6-7-11/h2-5,9,11H,6-8H2,1H3. The van der Waals surface area contributed by atoms with E-state index in [1.54, 1.807) is 6.33 Å². The Bertz CT molecular complexity index is 877. The van der Waals surface area contributed by atoms with Crippen molar-refractivity contribution in [3.63, 3.8) is 0 Å². The van der Waals surface area contributed by atoms with E-state index in [-0.39, 0.29) is 5.56 Å². The fourth-order valence-electron chi connectivity index (χ4n) is 2.76. The summed E-state index contributed by atoms with van der Waals surface area (Å²) in [6, 6.07) is 8.55. The highest BCUT2D eigenvalue weighted by Gasteiger charge is 2.25. The molecule has 0 radical (unpaired) electrons. The molecule has 106 valence electrons. The average Bonchev–Trinajstić information content (AvgIpc) is 3.24. The summed E-state index contributed by atoms with van der Waals surface area (Å²) in [5.41, 5.74) is 3.30. The van der Waals surface area contributed by atoms with E-state index < -0.39 is 0 Å². The summed E-state index contributed by atoms with van der Waals surface area (Å²) in [4.78, 5) is 20.3. The lowest BCUT2D eigenvalue weighted by Gasteiger charge is -2.11. The molecule has 3 aromatic rings. The fraction of sp³-hybridized carbons (Fsp3) is 0.312. The van der Waals surface area contributed by atoms with Gasteiger partial charge in [-0.05, 0) is 36.8 Å². The first-order chi connectivity index (χ1) is 10.2. The molecule has 0 N–H and O–H groups in total. The van der Waals surface area contributed by atoms with Crippen LogP contribution in [0.4, 0.5) is 0 Å². The lowest BCUT2D eigenvalue weighted by molar-refractivity contribution is 0.778. The predicted molar refractivity (Wildman–Crippen MR) is 83.9 cm³/mol. The third-order valence-electron chi connectivity index (χ3n) is 3.91. The summed E-state index contributed by atoms with van der Waals surface area (Å²) >= 11 is 1.42. The van der Waals surface area contributed by atoms with Gasteiger partial charge in [0.2, 0.25) is 0 Å². The largest absolute Gasteiger partial charge is 0.311 e. The third-order valence-corrected chi connectivity index (χ3v) is 4.86. The maximum atomic E-state index is 11.8. The van der Waals surface area contributed by atoms with Gasteiger partial charge in [-0.3, -0.25) is 4.79 Å². The van der Waals surface area contributed by atoms with Crippen molar-refractivity contribution in [1.82, 2.24) is 14.5 Å². The van der Waals surface area contributed by atoms with Crippen LogP contribution in [0, 0.1) is 6.92 Å². The van der Waals surface area contributed by atoms with Gasteiger partial charge in [-0.2, -0.15) is 4.98 Å². The Balaban J connectivity index is 1.81. The van der Waals surface area contributed by atoms with Crippen LogP contribution in [0.2, 0.25) is 0 Å². The molecule has 0 atom stereocenters. The molecule has 1 saturated carbocycles. The molecule has 1 aliphatic carbocycles. The first-order valence-electron chi connectivity index (χ1n) is 7.13. The van der Waals surface area contributed by atoms with Gasteiger partial charge in [-0.1, -0.05) is 24.3 Å². The monoisotopic (exact) mass is 297 g/mol. The minimum absolute atomic E-state index is 0.178. The summed E-state index contributed by atoms with van der Waals surface area (Å²) in [5.74, 6) is 0.709. The number of fused-ring (bicyclic) bond motifs is 1. The van der Waals surface area contributed by atoms with Crippen LogP contribution in [0.3, 0.4) is 0 Å². The van der Waals surface area contributed by atoms with Gasteiger partial charge in [-0.25, -0.2) is 4.98 Å². The molecule has 2 heterocycles. The second-order valence-electron chi connectivity index (χ2n) is 5.54. The molecule has 1 fully saturated rings. The number of benzene rings is 1. The molecule has 5 heteroatoms. The zero-order valence-corrected chi connectivity index (χ0v) is 12.6. The lowest BCUT2D eigenvalue weighted by atomic mass is 10.0. The van der Waals surface area contributed by atoms with Gasteiger partial charge < -0.3 is 4.57 Å². The number of rotatable bonds is 3. The number of hydrogen-bond acceptors (Lipinski definition) is 4. The van der Waals surface area contributed by atoms with Crippen molar-refractivity contribution in [1.29, 1.82) is 0 Å². The Labute approximate surface area is 126 Å². The Morgan fingerprint density at radius 2 is 2.14 bits per heavy atom. The van der Waals surface area contributed by atoms with Crippen LogP contribution in [0.15, 0.2) is 35.4 Å². The van der Waals surface area contributed by atoms with Gasteiger partial charge in [-0.15, -0.1) is 11.3 Å². The zero-order valence-electron chi connectivity index (χ0n) is 11.7. The summed E-state index contributed by atoms with van der Waals surface area (Å²) in [6.07, 6.45) is 4.18. The molecular weight excluding hydrogens is 282 g/mol. The third kappa shape index (κ3) is 2.27. The highest BCUT2D eigenvalue weighted by molar-refractivity contribution is 7.18. The maximum Gasteiger partial charge on any atom is 0.292 e. The van der Waals surface area contributed by atoms with Crippen LogP contribution < -0.4 is 5.56 Å². The normalized spacial score (nSPS) is 14.7. The van der Waals surface area contributed by atoms with Crippen LogP contribution in [0.1, 0.15) is 34.9 Å². The van der Waals surface area contributed by atoms with Crippen molar-refractivity contribution in [3.05, 3.63) is 57.1 Å². The Hall–Kier alpha value is -2.01. The molecule has 0 unspecified atom stereocenters. The highest BCUT2D eigenvalue weighted by Crippen LogP contribution is 2.41. The van der Waals surface area contributed by atoms with Crippen molar-refractivity contribution in [2.75, 3.05) is 0 Å². The molecule has 1 aromatic carbocycles. The maximum absolute atomic E-state index is 11.8. The summed E-state index contributed by atoms with van der Waals surface area (Å²) in [5, 5.41) is 0.902. The molecule has 4 nitrogen and oxygen atoms in total. The van der Waals surface area contributed by atoms with Crippen molar-refractivity contribution < 1.29 is 0 Å².